The van der Waals surface area contributed by atoms with Gasteiger partial charge < -0.3 is 16.2 Å². The minimum absolute atomic E-state index is 0.312. The number of hydrogen-bond acceptors (Lipinski definition) is 3. The second-order valence-corrected chi connectivity index (χ2v) is 5.19. The smallest absolute Gasteiger partial charge is 0.148 e. The molecule has 0 heterocycles. The van der Waals surface area contributed by atoms with Crippen molar-refractivity contribution < 1.29 is 9.50 Å². The van der Waals surface area contributed by atoms with E-state index in [4.69, 9.17) is 5.73 Å². The largest absolute Gasteiger partial charge is 0.399 e. The van der Waals surface area contributed by atoms with Gasteiger partial charge in [-0.15, -0.1) is 0 Å². The number of nitrogen functional groups attached to an aromatic ring is 1. The third kappa shape index (κ3) is 4.61. The van der Waals surface area contributed by atoms with E-state index in [0.29, 0.717) is 30.3 Å². The lowest BCUT2D eigenvalue weighted by Crippen LogP contribution is -2.35. The molecular formula is C13H21FN2O. The van der Waals surface area contributed by atoms with Gasteiger partial charge in [-0.2, -0.15) is 0 Å². The second kappa shape index (κ2) is 5.36. The summed E-state index contributed by atoms with van der Waals surface area (Å²) in [5.41, 5.74) is 5.37. The maximum absolute atomic E-state index is 13.5. The Kier molecular flexibility index (Phi) is 4.34. The van der Waals surface area contributed by atoms with Gasteiger partial charge in [-0.1, -0.05) is 13.8 Å². The molecule has 1 aromatic rings. The van der Waals surface area contributed by atoms with E-state index in [2.05, 4.69) is 5.32 Å². The summed E-state index contributed by atoms with van der Waals surface area (Å²) >= 11 is 0. The quantitative estimate of drug-likeness (QED) is 0.693. The molecule has 1 atom stereocenters. The van der Waals surface area contributed by atoms with Crippen molar-refractivity contribution in [3.63, 3.8) is 0 Å². The zero-order valence-electron chi connectivity index (χ0n) is 10.6. The van der Waals surface area contributed by atoms with E-state index in [9.17, 15) is 9.50 Å². The standard InChI is InChI=1S/C13H21FN2O/c1-9(2)7-13(3,17)8-16-12-5-4-10(15)6-11(12)14/h4-6,9,16-17H,7-8,15H2,1-3H3. The Labute approximate surface area is 102 Å². The van der Waals surface area contributed by atoms with E-state index in [1.807, 2.05) is 13.8 Å². The van der Waals surface area contributed by atoms with Gasteiger partial charge in [0.1, 0.15) is 5.82 Å². The van der Waals surface area contributed by atoms with Crippen LogP contribution in [0, 0.1) is 11.7 Å². The Morgan fingerprint density at radius 2 is 2.12 bits per heavy atom. The van der Waals surface area contributed by atoms with E-state index in [0.717, 1.165) is 0 Å². The van der Waals surface area contributed by atoms with Crippen molar-refractivity contribution in [3.05, 3.63) is 24.0 Å². The predicted molar refractivity (Wildman–Crippen MR) is 69.4 cm³/mol. The average molecular weight is 240 g/mol. The highest BCUT2D eigenvalue weighted by molar-refractivity contribution is 5.52. The first-order valence-corrected chi connectivity index (χ1v) is 5.81. The van der Waals surface area contributed by atoms with Crippen LogP contribution in [0.3, 0.4) is 0 Å². The van der Waals surface area contributed by atoms with Crippen LogP contribution >= 0.6 is 0 Å². The van der Waals surface area contributed by atoms with Crippen molar-refractivity contribution in [2.75, 3.05) is 17.6 Å². The summed E-state index contributed by atoms with van der Waals surface area (Å²) in [7, 11) is 0. The predicted octanol–water partition coefficient (Wildman–Crippen LogP) is 2.62. The third-order valence-electron chi connectivity index (χ3n) is 2.50. The van der Waals surface area contributed by atoms with E-state index in [1.165, 1.54) is 6.07 Å². The van der Waals surface area contributed by atoms with Gasteiger partial charge in [-0.3, -0.25) is 0 Å². The van der Waals surface area contributed by atoms with Gasteiger partial charge >= 0.3 is 0 Å². The maximum atomic E-state index is 13.5. The molecule has 0 aliphatic rings. The number of anilines is 2. The first-order valence-electron chi connectivity index (χ1n) is 5.81. The van der Waals surface area contributed by atoms with Crippen LogP contribution in [0.4, 0.5) is 15.8 Å². The van der Waals surface area contributed by atoms with Crippen molar-refractivity contribution >= 4 is 11.4 Å². The lowest BCUT2D eigenvalue weighted by atomic mass is 9.94. The lowest BCUT2D eigenvalue weighted by molar-refractivity contribution is 0.0515. The number of hydrogen-bond donors (Lipinski definition) is 3. The van der Waals surface area contributed by atoms with Crippen LogP contribution < -0.4 is 11.1 Å². The molecule has 0 fully saturated rings. The van der Waals surface area contributed by atoms with Crippen molar-refractivity contribution in [1.29, 1.82) is 0 Å². The summed E-state index contributed by atoms with van der Waals surface area (Å²) < 4.78 is 13.5. The average Bonchev–Trinajstić information content (AvgIpc) is 2.14. The second-order valence-electron chi connectivity index (χ2n) is 5.19. The molecule has 17 heavy (non-hydrogen) atoms. The fourth-order valence-electron chi connectivity index (χ4n) is 1.91. The molecule has 0 aliphatic carbocycles. The molecular weight excluding hydrogens is 219 g/mol. The minimum Gasteiger partial charge on any atom is -0.399 e. The third-order valence-corrected chi connectivity index (χ3v) is 2.50. The summed E-state index contributed by atoms with van der Waals surface area (Å²) in [6, 6.07) is 4.47. The number of nitrogens with one attached hydrogen (secondary N) is 1. The van der Waals surface area contributed by atoms with E-state index >= 15 is 0 Å². The molecule has 0 saturated heterocycles. The zero-order valence-corrected chi connectivity index (χ0v) is 10.6. The Bertz CT molecular complexity index is 378. The number of aliphatic hydroxyl groups is 1. The number of rotatable bonds is 5. The van der Waals surface area contributed by atoms with Gasteiger partial charge in [0.05, 0.1) is 11.3 Å². The van der Waals surface area contributed by atoms with E-state index in [-0.39, 0.29) is 0 Å². The molecule has 1 rings (SSSR count). The molecule has 0 radical (unpaired) electrons. The van der Waals surface area contributed by atoms with Gasteiger partial charge in [-0.05, 0) is 37.5 Å². The van der Waals surface area contributed by atoms with Crippen LogP contribution in [0.25, 0.3) is 0 Å². The van der Waals surface area contributed by atoms with E-state index < -0.39 is 11.4 Å². The molecule has 0 aliphatic heterocycles. The van der Waals surface area contributed by atoms with Crippen LogP contribution in [0.2, 0.25) is 0 Å². The van der Waals surface area contributed by atoms with Crippen LogP contribution in [0.15, 0.2) is 18.2 Å². The number of halogens is 1. The molecule has 96 valence electrons. The van der Waals surface area contributed by atoms with Gasteiger partial charge in [0.25, 0.3) is 0 Å². The molecule has 0 spiro atoms. The first kappa shape index (κ1) is 13.8. The highest BCUT2D eigenvalue weighted by atomic mass is 19.1. The normalized spacial score (nSPS) is 14.7. The minimum atomic E-state index is -0.845. The molecule has 0 aromatic heterocycles. The zero-order chi connectivity index (χ0) is 13.1. The summed E-state index contributed by atoms with van der Waals surface area (Å²) in [4.78, 5) is 0. The van der Waals surface area contributed by atoms with Crippen molar-refractivity contribution in [1.82, 2.24) is 0 Å². The monoisotopic (exact) mass is 240 g/mol. The van der Waals surface area contributed by atoms with Crippen molar-refractivity contribution in [2.24, 2.45) is 5.92 Å². The summed E-state index contributed by atoms with van der Waals surface area (Å²) in [5.74, 6) is -0.00610. The topological polar surface area (TPSA) is 58.3 Å². The maximum Gasteiger partial charge on any atom is 0.148 e. The number of benzene rings is 1. The Balaban J connectivity index is 2.61. The Morgan fingerprint density at radius 3 is 2.65 bits per heavy atom. The molecule has 4 heteroatoms. The lowest BCUT2D eigenvalue weighted by Gasteiger charge is -2.26. The molecule has 0 saturated carbocycles. The van der Waals surface area contributed by atoms with Crippen LogP contribution in [0.1, 0.15) is 27.2 Å². The van der Waals surface area contributed by atoms with E-state index in [1.54, 1.807) is 19.1 Å². The van der Waals surface area contributed by atoms with Crippen LogP contribution in [-0.4, -0.2) is 17.3 Å². The molecule has 3 nitrogen and oxygen atoms in total. The van der Waals surface area contributed by atoms with Gasteiger partial charge in [0, 0.05) is 12.2 Å². The first-order chi connectivity index (χ1) is 7.80. The molecule has 1 aromatic carbocycles. The van der Waals surface area contributed by atoms with Gasteiger partial charge in [0.15, 0.2) is 0 Å². The molecule has 0 bridgehead atoms. The van der Waals surface area contributed by atoms with Crippen LogP contribution in [-0.2, 0) is 0 Å². The van der Waals surface area contributed by atoms with Crippen molar-refractivity contribution in [3.8, 4) is 0 Å². The molecule has 4 N–H and O–H groups in total. The summed E-state index contributed by atoms with van der Waals surface area (Å²) in [6.07, 6.45) is 0.663. The van der Waals surface area contributed by atoms with Crippen LogP contribution in [0.5, 0.6) is 0 Å². The van der Waals surface area contributed by atoms with Gasteiger partial charge in [0.2, 0.25) is 0 Å². The SMILES string of the molecule is CC(C)CC(C)(O)CNc1ccc(N)cc1F. The number of nitrogens with two attached hydrogens (primary N) is 1. The molecule has 1 unspecified atom stereocenters. The fourth-order valence-corrected chi connectivity index (χ4v) is 1.91. The van der Waals surface area contributed by atoms with Gasteiger partial charge in [-0.25, -0.2) is 4.39 Å². The fraction of sp³-hybridized carbons (Fsp3) is 0.538. The summed E-state index contributed by atoms with van der Waals surface area (Å²) in [6.45, 7) is 6.14. The Morgan fingerprint density at radius 1 is 1.47 bits per heavy atom. The highest BCUT2D eigenvalue weighted by Gasteiger charge is 2.21. The Hall–Kier alpha value is -1.29. The van der Waals surface area contributed by atoms with Crippen molar-refractivity contribution in [2.45, 2.75) is 32.8 Å². The highest BCUT2D eigenvalue weighted by Crippen LogP contribution is 2.20. The summed E-state index contributed by atoms with van der Waals surface area (Å²) in [5, 5.41) is 13.0. The molecule has 0 amide bonds.